The molecule has 0 aliphatic heterocycles. The molecule has 7 heteroatoms. The highest BCUT2D eigenvalue weighted by molar-refractivity contribution is 7.71. The number of benzene rings is 1. The van der Waals surface area contributed by atoms with Gasteiger partial charge >= 0.3 is 6.18 Å². The van der Waals surface area contributed by atoms with Gasteiger partial charge in [0.15, 0.2) is 4.77 Å². The zero-order valence-corrected chi connectivity index (χ0v) is 11.8. The summed E-state index contributed by atoms with van der Waals surface area (Å²) in [5.74, 6) is 0. The molecule has 1 N–H and O–H groups in total. The first-order valence-corrected chi connectivity index (χ1v) is 6.63. The fourth-order valence-corrected chi connectivity index (χ4v) is 2.38. The van der Waals surface area contributed by atoms with Crippen molar-refractivity contribution >= 4 is 23.3 Å². The third-order valence-electron chi connectivity index (χ3n) is 3.08. The summed E-state index contributed by atoms with van der Waals surface area (Å²) in [6.45, 7) is 1.32. The zero-order valence-electron chi connectivity index (χ0n) is 11.0. The van der Waals surface area contributed by atoms with Gasteiger partial charge in [-0.25, -0.2) is 0 Å². The Labute approximate surface area is 119 Å². The van der Waals surface area contributed by atoms with Crippen molar-refractivity contribution in [2.24, 2.45) is 0 Å². The maximum absolute atomic E-state index is 12.6. The number of imidazole rings is 1. The van der Waals surface area contributed by atoms with E-state index in [1.807, 2.05) is 4.57 Å². The second-order valence-corrected chi connectivity index (χ2v) is 4.90. The predicted molar refractivity (Wildman–Crippen MR) is 73.2 cm³/mol. The van der Waals surface area contributed by atoms with Crippen LogP contribution in [0, 0.1) is 4.77 Å². The molecule has 0 radical (unpaired) electrons. The number of aromatic nitrogens is 2. The largest absolute Gasteiger partial charge is 0.416 e. The van der Waals surface area contributed by atoms with Crippen LogP contribution in [0.5, 0.6) is 0 Å². The summed E-state index contributed by atoms with van der Waals surface area (Å²) in [6, 6.07) is 3.63. The number of rotatable bonds is 5. The predicted octanol–water partition coefficient (Wildman–Crippen LogP) is 4.14. The van der Waals surface area contributed by atoms with Crippen LogP contribution in [0.25, 0.3) is 11.0 Å². The van der Waals surface area contributed by atoms with Gasteiger partial charge in [-0.2, -0.15) is 13.2 Å². The lowest BCUT2D eigenvalue weighted by molar-refractivity contribution is -0.137. The van der Waals surface area contributed by atoms with Gasteiger partial charge < -0.3 is 14.3 Å². The molecule has 1 aromatic heterocycles. The van der Waals surface area contributed by atoms with E-state index in [9.17, 15) is 13.2 Å². The lowest BCUT2D eigenvalue weighted by atomic mass is 10.2. The first kappa shape index (κ1) is 15.1. The van der Waals surface area contributed by atoms with E-state index in [0.29, 0.717) is 29.0 Å². The zero-order chi connectivity index (χ0) is 14.8. The molecule has 2 rings (SSSR count). The SMILES string of the molecule is COCCCCn1c(=S)[nH]c2cc(C(F)(F)F)ccc21. The van der Waals surface area contributed by atoms with Crippen LogP contribution in [0.2, 0.25) is 0 Å². The molecule has 0 saturated heterocycles. The molecule has 0 amide bonds. The van der Waals surface area contributed by atoms with Crippen molar-refractivity contribution in [3.05, 3.63) is 28.5 Å². The molecule has 0 bridgehead atoms. The summed E-state index contributed by atoms with van der Waals surface area (Å²) in [5.41, 5.74) is 0.435. The quantitative estimate of drug-likeness (QED) is 0.664. The summed E-state index contributed by atoms with van der Waals surface area (Å²) < 4.78 is 45.2. The van der Waals surface area contributed by atoms with Gasteiger partial charge in [-0.15, -0.1) is 0 Å². The fourth-order valence-electron chi connectivity index (χ4n) is 2.08. The Bertz CT molecular complexity index is 645. The molecule has 110 valence electrons. The molecule has 3 nitrogen and oxygen atoms in total. The van der Waals surface area contributed by atoms with Crippen molar-refractivity contribution in [3.63, 3.8) is 0 Å². The normalized spacial score (nSPS) is 12.2. The van der Waals surface area contributed by atoms with Crippen LogP contribution < -0.4 is 0 Å². The number of hydrogen-bond donors (Lipinski definition) is 1. The Morgan fingerprint density at radius 1 is 1.30 bits per heavy atom. The van der Waals surface area contributed by atoms with E-state index >= 15 is 0 Å². The molecule has 1 aromatic carbocycles. The standard InChI is InChI=1S/C13H15F3N2OS/c1-19-7-3-2-6-18-11-5-4-9(13(14,15)16)8-10(11)17-12(18)20/h4-5,8H,2-3,6-7H2,1H3,(H,17,20). The van der Waals surface area contributed by atoms with E-state index in [1.165, 1.54) is 6.07 Å². The van der Waals surface area contributed by atoms with E-state index in [1.54, 1.807) is 7.11 Å². The van der Waals surface area contributed by atoms with Gasteiger partial charge in [0.05, 0.1) is 16.6 Å². The number of methoxy groups -OCH3 is 1. The molecule has 0 atom stereocenters. The van der Waals surface area contributed by atoms with Gasteiger partial charge in [0.25, 0.3) is 0 Å². The van der Waals surface area contributed by atoms with Crippen LogP contribution in [0.3, 0.4) is 0 Å². The highest BCUT2D eigenvalue weighted by Gasteiger charge is 2.30. The van der Waals surface area contributed by atoms with Crippen LogP contribution in [0.15, 0.2) is 18.2 Å². The summed E-state index contributed by atoms with van der Waals surface area (Å²) in [7, 11) is 1.63. The number of aryl methyl sites for hydroxylation is 1. The summed E-state index contributed by atoms with van der Waals surface area (Å²) in [4.78, 5) is 2.83. The lowest BCUT2D eigenvalue weighted by Gasteiger charge is -2.07. The van der Waals surface area contributed by atoms with E-state index in [0.717, 1.165) is 25.0 Å². The molecule has 20 heavy (non-hydrogen) atoms. The van der Waals surface area contributed by atoms with Crippen LogP contribution in [0.4, 0.5) is 13.2 Å². The summed E-state index contributed by atoms with van der Waals surface area (Å²) in [6.07, 6.45) is -2.61. The van der Waals surface area contributed by atoms with E-state index in [4.69, 9.17) is 17.0 Å². The molecule has 0 aliphatic rings. The molecule has 1 heterocycles. The van der Waals surface area contributed by atoms with E-state index in [2.05, 4.69) is 4.98 Å². The Morgan fingerprint density at radius 2 is 2.05 bits per heavy atom. The highest BCUT2D eigenvalue weighted by atomic mass is 32.1. The van der Waals surface area contributed by atoms with Crippen molar-refractivity contribution in [1.29, 1.82) is 0 Å². The average Bonchev–Trinajstić information content (AvgIpc) is 2.69. The number of ether oxygens (including phenoxy) is 1. The fraction of sp³-hybridized carbons (Fsp3) is 0.462. The van der Waals surface area contributed by atoms with Gasteiger partial charge in [-0.05, 0) is 43.3 Å². The minimum absolute atomic E-state index is 0.413. The lowest BCUT2D eigenvalue weighted by Crippen LogP contribution is -2.04. The number of nitrogens with one attached hydrogen (secondary N) is 1. The van der Waals surface area contributed by atoms with Crippen molar-refractivity contribution in [1.82, 2.24) is 9.55 Å². The molecule has 2 aromatic rings. The van der Waals surface area contributed by atoms with Crippen LogP contribution >= 0.6 is 12.2 Å². The summed E-state index contributed by atoms with van der Waals surface area (Å²) >= 11 is 5.16. The van der Waals surface area contributed by atoms with Crippen LogP contribution in [0.1, 0.15) is 18.4 Å². The van der Waals surface area contributed by atoms with Crippen LogP contribution in [-0.4, -0.2) is 23.3 Å². The van der Waals surface area contributed by atoms with Crippen molar-refractivity contribution in [2.75, 3.05) is 13.7 Å². The smallest absolute Gasteiger partial charge is 0.385 e. The second-order valence-electron chi connectivity index (χ2n) is 4.51. The first-order valence-electron chi connectivity index (χ1n) is 6.22. The number of fused-ring (bicyclic) bond motifs is 1. The number of alkyl halides is 3. The maximum atomic E-state index is 12.6. The number of nitrogens with zero attached hydrogens (tertiary/aromatic N) is 1. The van der Waals surface area contributed by atoms with Crippen LogP contribution in [-0.2, 0) is 17.5 Å². The van der Waals surface area contributed by atoms with E-state index < -0.39 is 11.7 Å². The monoisotopic (exact) mass is 304 g/mol. The van der Waals surface area contributed by atoms with Crippen molar-refractivity contribution < 1.29 is 17.9 Å². The molecule has 0 spiro atoms. The Morgan fingerprint density at radius 3 is 2.70 bits per heavy atom. The van der Waals surface area contributed by atoms with Gasteiger partial charge in [0.2, 0.25) is 0 Å². The average molecular weight is 304 g/mol. The van der Waals surface area contributed by atoms with E-state index in [-0.39, 0.29) is 0 Å². The third-order valence-corrected chi connectivity index (χ3v) is 3.40. The third kappa shape index (κ3) is 3.21. The molecule has 0 saturated carbocycles. The highest BCUT2D eigenvalue weighted by Crippen LogP contribution is 2.31. The van der Waals surface area contributed by atoms with Crippen molar-refractivity contribution in [3.8, 4) is 0 Å². The van der Waals surface area contributed by atoms with Gasteiger partial charge in [0.1, 0.15) is 0 Å². The van der Waals surface area contributed by atoms with Gasteiger partial charge in [0, 0.05) is 20.3 Å². The second kappa shape index (κ2) is 5.97. The van der Waals surface area contributed by atoms with Gasteiger partial charge in [-0.1, -0.05) is 0 Å². The topological polar surface area (TPSA) is 29.9 Å². The number of aromatic amines is 1. The molecular formula is C13H15F3N2OS. The molecule has 0 aliphatic carbocycles. The Hall–Kier alpha value is -1.34. The number of halogens is 3. The maximum Gasteiger partial charge on any atom is 0.416 e. The summed E-state index contributed by atoms with van der Waals surface area (Å²) in [5, 5.41) is 0. The molecule has 0 unspecified atom stereocenters. The van der Waals surface area contributed by atoms with Crippen molar-refractivity contribution in [2.45, 2.75) is 25.6 Å². The molecular weight excluding hydrogens is 289 g/mol. The number of hydrogen-bond acceptors (Lipinski definition) is 2. The molecule has 0 fully saturated rings. The number of H-pyrrole nitrogens is 1. The van der Waals surface area contributed by atoms with Gasteiger partial charge in [-0.3, -0.25) is 0 Å². The number of unbranched alkanes of at least 4 members (excludes halogenated alkanes) is 1. The Kier molecular flexibility index (Phi) is 4.49. The minimum atomic E-state index is -4.34. The minimum Gasteiger partial charge on any atom is -0.385 e. The first-order chi connectivity index (χ1) is 9.43. The Balaban J connectivity index is 2.28.